The predicted octanol–water partition coefficient (Wildman–Crippen LogP) is 3.56. The number of benzene rings is 1. The van der Waals surface area contributed by atoms with Crippen LogP contribution in [0.15, 0.2) is 12.1 Å². The molecule has 1 fully saturated rings. The fourth-order valence-corrected chi connectivity index (χ4v) is 4.13. The summed E-state index contributed by atoms with van der Waals surface area (Å²) in [5.41, 5.74) is 6.61. The molecule has 4 atom stereocenters. The Morgan fingerprint density at radius 1 is 1.37 bits per heavy atom. The summed E-state index contributed by atoms with van der Waals surface area (Å²) < 4.78 is 120. The first-order chi connectivity index (χ1) is 19.2. The lowest BCUT2D eigenvalue weighted by Crippen LogP contribution is -2.51. The largest absolute Gasteiger partial charge is 0.493 e. The Hall–Kier alpha value is -1.79. The van der Waals surface area contributed by atoms with Crippen molar-refractivity contribution in [2.75, 3.05) is 27.2 Å². The molecule has 1 saturated heterocycles. The predicted molar refractivity (Wildman–Crippen MR) is 118 cm³/mol. The summed E-state index contributed by atoms with van der Waals surface area (Å²) >= 11 is 0. The number of rotatable bonds is 7. The van der Waals surface area contributed by atoms with Crippen molar-refractivity contribution in [1.29, 1.82) is 0 Å². The maximum absolute atomic E-state index is 13.5. The Morgan fingerprint density at radius 3 is 2.80 bits per heavy atom. The Kier molecular flexibility index (Phi) is 3.57. The van der Waals surface area contributed by atoms with Crippen molar-refractivity contribution in [3.05, 3.63) is 23.3 Å². The first kappa shape index (κ1) is 11.2. The molecule has 2 heterocycles. The van der Waals surface area contributed by atoms with Crippen LogP contribution < -0.4 is 15.2 Å². The van der Waals surface area contributed by atoms with E-state index in [1.54, 1.807) is 4.90 Å². The van der Waals surface area contributed by atoms with Gasteiger partial charge in [0.1, 0.15) is 12.1 Å². The molecule has 168 valence electrons. The van der Waals surface area contributed by atoms with Crippen molar-refractivity contribution in [2.45, 2.75) is 64.9 Å². The summed E-state index contributed by atoms with van der Waals surface area (Å²) in [7, 11) is -1.48. The second-order valence-electron chi connectivity index (χ2n) is 8.05. The number of fused-ring (bicyclic) bond motifs is 3. The third-order valence-corrected chi connectivity index (χ3v) is 5.55. The van der Waals surface area contributed by atoms with Gasteiger partial charge in [0.25, 0.3) is 0 Å². The molecule has 0 amide bonds. The molecule has 0 radical (unpaired) electrons. The van der Waals surface area contributed by atoms with Crippen LogP contribution in [0.1, 0.15) is 75.4 Å². The molecule has 1 aromatic carbocycles. The Labute approximate surface area is 199 Å². The smallest absolute Gasteiger partial charge is 0.323 e. The third-order valence-electron chi connectivity index (χ3n) is 5.55. The van der Waals surface area contributed by atoms with Crippen LogP contribution in [0.25, 0.3) is 0 Å². The standard InChI is InChI=1S/C24H38N2O4/c1-14(2)9-17-13-26-8-7-16-10-21(28-5)22(29-6)11-18(16)19(26)12-20(17)30-24(27)23(25)15(3)4/h10-11,14-15,17,19-20,23H,7-9,12-13,25H2,1-6H3/t17?,19?,20?,23-/m0/s1/i3D3,4D3,5D3,15D,19D,20D,23D. The highest BCUT2D eigenvalue weighted by molar-refractivity contribution is 5.76. The van der Waals surface area contributed by atoms with E-state index in [9.17, 15) is 7.54 Å². The van der Waals surface area contributed by atoms with Gasteiger partial charge in [-0.3, -0.25) is 9.69 Å². The number of piperidine rings is 1. The highest BCUT2D eigenvalue weighted by atomic mass is 16.5. The minimum Gasteiger partial charge on any atom is -0.493 e. The summed E-state index contributed by atoms with van der Waals surface area (Å²) in [6.45, 7) is -3.32. The van der Waals surface area contributed by atoms with E-state index in [-0.39, 0.29) is 24.0 Å². The number of esters is 1. The highest BCUT2D eigenvalue weighted by Gasteiger charge is 2.41. The second-order valence-corrected chi connectivity index (χ2v) is 8.05. The van der Waals surface area contributed by atoms with Gasteiger partial charge in [-0.05, 0) is 47.9 Å². The monoisotopic (exact) mass is 431 g/mol. The van der Waals surface area contributed by atoms with Crippen molar-refractivity contribution in [1.82, 2.24) is 4.90 Å². The van der Waals surface area contributed by atoms with Gasteiger partial charge in [0.15, 0.2) is 11.5 Å². The molecule has 30 heavy (non-hydrogen) atoms. The molecule has 3 unspecified atom stereocenters. The van der Waals surface area contributed by atoms with Crippen molar-refractivity contribution in [3.63, 3.8) is 0 Å². The lowest BCUT2D eigenvalue weighted by Gasteiger charge is -2.47. The number of hydrogen-bond acceptors (Lipinski definition) is 6. The molecule has 2 N–H and O–H groups in total. The van der Waals surface area contributed by atoms with Gasteiger partial charge in [-0.2, -0.15) is 0 Å². The molecular weight excluding hydrogens is 380 g/mol. The molecule has 0 bridgehead atoms. The quantitative estimate of drug-likeness (QED) is 0.666. The summed E-state index contributed by atoms with van der Waals surface area (Å²) in [5.74, 6) is -6.54. The van der Waals surface area contributed by atoms with E-state index in [2.05, 4.69) is 0 Å². The molecular formula is C24H38N2O4. The SMILES string of the molecule is [2H]C([2H])([2H])Oc1cc2c(cc1OC)C1([2H])CC([2H])(OC(=O)[C@@]([2H])(N)C([2H])(C([2H])([2H])[2H])C([2H])([2H])[2H])C(CC(C)C)CN1CC2. The van der Waals surface area contributed by atoms with Gasteiger partial charge in [-0.1, -0.05) is 27.6 Å². The zero-order valence-corrected chi connectivity index (χ0v) is 17.5. The van der Waals surface area contributed by atoms with Gasteiger partial charge in [0.05, 0.1) is 22.4 Å². The van der Waals surface area contributed by atoms with E-state index in [4.69, 9.17) is 35.0 Å². The van der Waals surface area contributed by atoms with Gasteiger partial charge in [-0.15, -0.1) is 0 Å². The molecule has 0 aliphatic carbocycles. The van der Waals surface area contributed by atoms with E-state index < -0.39 is 63.1 Å². The van der Waals surface area contributed by atoms with Gasteiger partial charge in [0.2, 0.25) is 0 Å². The van der Waals surface area contributed by atoms with Crippen molar-refractivity contribution < 1.29 is 36.8 Å². The number of nitrogens with zero attached hydrogens (tertiary/aromatic N) is 1. The summed E-state index contributed by atoms with van der Waals surface area (Å²) in [5, 5.41) is 0. The van der Waals surface area contributed by atoms with E-state index >= 15 is 0 Å². The van der Waals surface area contributed by atoms with Crippen LogP contribution in [-0.4, -0.2) is 50.2 Å². The minimum atomic E-state index is -3.81. The Balaban J connectivity index is 2.11. The van der Waals surface area contributed by atoms with Crippen LogP contribution in [0.2, 0.25) is 0 Å². The lowest BCUT2D eigenvalue weighted by molar-refractivity contribution is -0.160. The number of carbonyl (C=O) groups excluding carboxylic acids is 1. The highest BCUT2D eigenvalue weighted by Crippen LogP contribution is 2.44. The number of carbonyl (C=O) groups is 1. The van der Waals surface area contributed by atoms with Crippen molar-refractivity contribution >= 4 is 5.97 Å². The topological polar surface area (TPSA) is 74.0 Å². The van der Waals surface area contributed by atoms with Crippen LogP contribution in [-0.2, 0) is 16.0 Å². The fraction of sp³-hybridized carbons (Fsp3) is 0.708. The third kappa shape index (κ3) is 4.75. The number of nitrogens with two attached hydrogens (primary N) is 1. The van der Waals surface area contributed by atoms with Gasteiger partial charge < -0.3 is 19.9 Å². The molecule has 0 saturated carbocycles. The minimum absolute atomic E-state index is 0.0155. The number of ether oxygens (including phenoxy) is 3. The molecule has 2 aliphatic heterocycles. The van der Waals surface area contributed by atoms with E-state index in [0.29, 0.717) is 30.5 Å². The maximum atomic E-state index is 13.5. The average Bonchev–Trinajstić information content (AvgIpc) is 2.81. The van der Waals surface area contributed by atoms with Crippen LogP contribution in [0.4, 0.5) is 0 Å². The molecule has 0 aromatic heterocycles. The molecule has 1 aromatic rings. The summed E-state index contributed by atoms with van der Waals surface area (Å²) in [6, 6.07) is -2.53. The van der Waals surface area contributed by atoms with E-state index in [1.165, 1.54) is 19.2 Å². The normalized spacial score (nSPS) is 38.8. The number of methoxy groups -OCH3 is 2. The van der Waals surface area contributed by atoms with Crippen LogP contribution in [0, 0.1) is 17.7 Å². The zero-order valence-electron chi connectivity index (χ0n) is 30.5. The molecule has 6 heteroatoms. The maximum Gasteiger partial charge on any atom is 0.323 e. The van der Waals surface area contributed by atoms with E-state index in [1.807, 2.05) is 13.8 Å². The first-order valence-electron chi connectivity index (χ1n) is 16.4. The van der Waals surface area contributed by atoms with Crippen LogP contribution in [0.5, 0.6) is 11.5 Å². The second kappa shape index (κ2) is 9.56. The summed E-state index contributed by atoms with van der Waals surface area (Å²) in [4.78, 5) is 15.2. The van der Waals surface area contributed by atoms with Gasteiger partial charge in [0, 0.05) is 41.0 Å². The van der Waals surface area contributed by atoms with Crippen LogP contribution in [0.3, 0.4) is 0 Å². The fourth-order valence-electron chi connectivity index (χ4n) is 4.13. The summed E-state index contributed by atoms with van der Waals surface area (Å²) in [6.07, 6.45) is -2.12. The zero-order chi connectivity index (χ0) is 33.2. The molecule has 2 aliphatic rings. The molecule has 6 nitrogen and oxygen atoms in total. The van der Waals surface area contributed by atoms with Crippen molar-refractivity contribution in [2.24, 2.45) is 23.5 Å². The van der Waals surface area contributed by atoms with Gasteiger partial charge >= 0.3 is 5.97 Å². The Bertz CT molecular complexity index is 1200. The molecule has 3 rings (SSSR count). The van der Waals surface area contributed by atoms with Crippen LogP contribution >= 0.6 is 0 Å². The van der Waals surface area contributed by atoms with E-state index in [0.717, 1.165) is 0 Å². The van der Waals surface area contributed by atoms with Crippen molar-refractivity contribution in [3.8, 4) is 11.5 Å². The number of hydrogen-bond donors (Lipinski definition) is 1. The lowest BCUT2D eigenvalue weighted by atomic mass is 9.79. The Morgan fingerprint density at radius 2 is 2.13 bits per heavy atom. The molecule has 0 spiro atoms. The van der Waals surface area contributed by atoms with Gasteiger partial charge in [-0.25, -0.2) is 0 Å². The first-order valence-corrected chi connectivity index (χ1v) is 9.91. The average molecular weight is 432 g/mol.